The van der Waals surface area contributed by atoms with E-state index >= 15 is 0 Å². The molecule has 1 saturated carbocycles. The Labute approximate surface area is 94.6 Å². The highest BCUT2D eigenvalue weighted by Gasteiger charge is 2.26. The molecule has 1 aliphatic carbocycles. The summed E-state index contributed by atoms with van der Waals surface area (Å²) < 4.78 is 0. The number of aldehydes is 1. The second-order valence-corrected chi connectivity index (χ2v) is 5.92. The second-order valence-electron chi connectivity index (χ2n) is 5.92. The molecule has 1 fully saturated rings. The van der Waals surface area contributed by atoms with Crippen LogP contribution < -0.4 is 0 Å². The van der Waals surface area contributed by atoms with Crippen LogP contribution >= 0.6 is 0 Å². The van der Waals surface area contributed by atoms with E-state index in [1.807, 2.05) is 0 Å². The van der Waals surface area contributed by atoms with Gasteiger partial charge in [-0.05, 0) is 55.8 Å². The Morgan fingerprint density at radius 3 is 2.47 bits per heavy atom. The summed E-state index contributed by atoms with van der Waals surface area (Å²) in [4.78, 5) is 10.4. The van der Waals surface area contributed by atoms with Crippen molar-refractivity contribution in [2.75, 3.05) is 0 Å². The monoisotopic (exact) mass is 210 g/mol. The lowest BCUT2D eigenvalue weighted by molar-refractivity contribution is -0.108. The number of carbonyl (C=O) groups excluding carboxylic acids is 1. The SMILES string of the molecule is CC(C)CC1CC(C)CC(CCC=O)C1. The normalized spacial score (nSPS) is 31.9. The predicted octanol–water partition coefficient (Wildman–Crippen LogP) is 4.06. The van der Waals surface area contributed by atoms with Crippen molar-refractivity contribution < 1.29 is 4.79 Å². The molecule has 0 heterocycles. The standard InChI is InChI=1S/C14H26O/c1-11(2)7-14-9-12(3)8-13(10-14)5-4-6-15/h6,11-14H,4-5,7-10H2,1-3H3. The van der Waals surface area contributed by atoms with Crippen LogP contribution in [-0.2, 0) is 4.79 Å². The summed E-state index contributed by atoms with van der Waals surface area (Å²) in [5, 5.41) is 0. The summed E-state index contributed by atoms with van der Waals surface area (Å²) >= 11 is 0. The lowest BCUT2D eigenvalue weighted by Gasteiger charge is -2.34. The maximum Gasteiger partial charge on any atom is 0.120 e. The van der Waals surface area contributed by atoms with Crippen LogP contribution in [0.5, 0.6) is 0 Å². The van der Waals surface area contributed by atoms with Gasteiger partial charge in [0.15, 0.2) is 0 Å². The number of hydrogen-bond donors (Lipinski definition) is 0. The molecular weight excluding hydrogens is 184 g/mol. The van der Waals surface area contributed by atoms with Crippen LogP contribution in [0.25, 0.3) is 0 Å². The van der Waals surface area contributed by atoms with Gasteiger partial charge < -0.3 is 4.79 Å². The third-order valence-electron chi connectivity index (χ3n) is 3.64. The highest BCUT2D eigenvalue weighted by atomic mass is 16.1. The molecule has 0 aromatic heterocycles. The van der Waals surface area contributed by atoms with E-state index in [2.05, 4.69) is 20.8 Å². The van der Waals surface area contributed by atoms with Gasteiger partial charge in [0.2, 0.25) is 0 Å². The molecule has 88 valence electrons. The minimum absolute atomic E-state index is 0.770. The molecule has 0 radical (unpaired) electrons. The third kappa shape index (κ3) is 4.81. The van der Waals surface area contributed by atoms with E-state index in [0.29, 0.717) is 0 Å². The molecule has 3 atom stereocenters. The molecule has 0 amide bonds. The Bertz CT molecular complexity index is 184. The van der Waals surface area contributed by atoms with Gasteiger partial charge in [0.25, 0.3) is 0 Å². The fourth-order valence-electron chi connectivity index (χ4n) is 3.30. The van der Waals surface area contributed by atoms with Crippen LogP contribution in [0.2, 0.25) is 0 Å². The first-order valence-corrected chi connectivity index (χ1v) is 6.55. The topological polar surface area (TPSA) is 17.1 Å². The quantitative estimate of drug-likeness (QED) is 0.625. The van der Waals surface area contributed by atoms with Gasteiger partial charge >= 0.3 is 0 Å². The van der Waals surface area contributed by atoms with Crippen molar-refractivity contribution in [1.29, 1.82) is 0 Å². The molecule has 0 aromatic rings. The van der Waals surface area contributed by atoms with E-state index in [1.165, 1.54) is 25.7 Å². The first kappa shape index (κ1) is 12.7. The molecule has 0 bridgehead atoms. The molecule has 0 aromatic carbocycles. The van der Waals surface area contributed by atoms with E-state index in [0.717, 1.165) is 42.8 Å². The molecule has 0 aliphatic heterocycles. The molecule has 15 heavy (non-hydrogen) atoms. The van der Waals surface area contributed by atoms with Gasteiger partial charge in [-0.2, -0.15) is 0 Å². The smallest absolute Gasteiger partial charge is 0.120 e. The molecule has 0 spiro atoms. The Morgan fingerprint density at radius 2 is 1.87 bits per heavy atom. The van der Waals surface area contributed by atoms with Crippen LogP contribution in [0.1, 0.15) is 59.3 Å². The first-order chi connectivity index (χ1) is 7.11. The molecule has 1 heteroatoms. The summed E-state index contributed by atoms with van der Waals surface area (Å²) in [7, 11) is 0. The van der Waals surface area contributed by atoms with Gasteiger partial charge in [-0.15, -0.1) is 0 Å². The number of hydrogen-bond acceptors (Lipinski definition) is 1. The predicted molar refractivity (Wildman–Crippen MR) is 64.7 cm³/mol. The fourth-order valence-corrected chi connectivity index (χ4v) is 3.30. The molecule has 1 aliphatic rings. The van der Waals surface area contributed by atoms with Crippen LogP contribution in [0.4, 0.5) is 0 Å². The van der Waals surface area contributed by atoms with Crippen LogP contribution in [-0.4, -0.2) is 6.29 Å². The lowest BCUT2D eigenvalue weighted by atomic mass is 9.72. The molecule has 1 nitrogen and oxygen atoms in total. The molecular formula is C14H26O. The molecule has 3 unspecified atom stereocenters. The van der Waals surface area contributed by atoms with Crippen molar-refractivity contribution in [3.8, 4) is 0 Å². The van der Waals surface area contributed by atoms with Gasteiger partial charge in [0.1, 0.15) is 6.29 Å². The van der Waals surface area contributed by atoms with E-state index < -0.39 is 0 Å². The highest BCUT2D eigenvalue weighted by Crippen LogP contribution is 2.38. The second kappa shape index (κ2) is 6.30. The fraction of sp³-hybridized carbons (Fsp3) is 0.929. The zero-order chi connectivity index (χ0) is 11.3. The van der Waals surface area contributed by atoms with Crippen LogP contribution in [0.3, 0.4) is 0 Å². The first-order valence-electron chi connectivity index (χ1n) is 6.55. The Morgan fingerprint density at radius 1 is 1.20 bits per heavy atom. The van der Waals surface area contributed by atoms with Crippen LogP contribution in [0, 0.1) is 23.7 Å². The minimum Gasteiger partial charge on any atom is -0.303 e. The molecule has 1 rings (SSSR count). The highest BCUT2D eigenvalue weighted by molar-refractivity contribution is 5.49. The average Bonchev–Trinajstić information content (AvgIpc) is 2.12. The Kier molecular flexibility index (Phi) is 5.35. The minimum atomic E-state index is 0.770. The van der Waals surface area contributed by atoms with Gasteiger partial charge in [-0.3, -0.25) is 0 Å². The summed E-state index contributed by atoms with van der Waals surface area (Å²) in [6, 6.07) is 0. The van der Waals surface area contributed by atoms with Crippen molar-refractivity contribution in [3.05, 3.63) is 0 Å². The van der Waals surface area contributed by atoms with Crippen molar-refractivity contribution >= 4 is 6.29 Å². The maximum atomic E-state index is 10.4. The largest absolute Gasteiger partial charge is 0.303 e. The Hall–Kier alpha value is -0.330. The van der Waals surface area contributed by atoms with Gasteiger partial charge in [-0.25, -0.2) is 0 Å². The van der Waals surface area contributed by atoms with Crippen LogP contribution in [0.15, 0.2) is 0 Å². The molecule has 0 N–H and O–H groups in total. The van der Waals surface area contributed by atoms with E-state index in [4.69, 9.17) is 0 Å². The van der Waals surface area contributed by atoms with E-state index in [1.54, 1.807) is 0 Å². The van der Waals surface area contributed by atoms with Crippen molar-refractivity contribution in [2.45, 2.75) is 59.3 Å². The zero-order valence-electron chi connectivity index (χ0n) is 10.5. The van der Waals surface area contributed by atoms with Crippen molar-refractivity contribution in [3.63, 3.8) is 0 Å². The summed E-state index contributed by atoms with van der Waals surface area (Å²) in [6.07, 6.45) is 8.49. The maximum absolute atomic E-state index is 10.4. The number of carbonyl (C=O) groups is 1. The Balaban J connectivity index is 2.37. The van der Waals surface area contributed by atoms with Gasteiger partial charge in [0, 0.05) is 6.42 Å². The van der Waals surface area contributed by atoms with Crippen molar-refractivity contribution in [1.82, 2.24) is 0 Å². The number of rotatable bonds is 5. The summed E-state index contributed by atoms with van der Waals surface area (Å²) in [5.74, 6) is 3.44. The van der Waals surface area contributed by atoms with Gasteiger partial charge in [0.05, 0.1) is 0 Å². The summed E-state index contributed by atoms with van der Waals surface area (Å²) in [6.45, 7) is 7.01. The van der Waals surface area contributed by atoms with E-state index in [9.17, 15) is 4.79 Å². The van der Waals surface area contributed by atoms with E-state index in [-0.39, 0.29) is 0 Å². The third-order valence-corrected chi connectivity index (χ3v) is 3.64. The lowest BCUT2D eigenvalue weighted by Crippen LogP contribution is -2.22. The van der Waals surface area contributed by atoms with Crippen molar-refractivity contribution in [2.24, 2.45) is 23.7 Å². The summed E-state index contributed by atoms with van der Waals surface area (Å²) in [5.41, 5.74) is 0. The zero-order valence-corrected chi connectivity index (χ0v) is 10.5. The molecule has 0 saturated heterocycles. The average molecular weight is 210 g/mol. The van der Waals surface area contributed by atoms with Gasteiger partial charge in [-0.1, -0.05) is 20.8 Å².